The van der Waals surface area contributed by atoms with E-state index in [0.29, 0.717) is 16.9 Å². The number of fused-ring (bicyclic) bond motifs is 1. The van der Waals surface area contributed by atoms with Crippen molar-refractivity contribution in [2.24, 2.45) is 0 Å². The van der Waals surface area contributed by atoms with Gasteiger partial charge in [0.2, 0.25) is 5.88 Å². The highest BCUT2D eigenvalue weighted by molar-refractivity contribution is 5.93. The second-order valence-corrected chi connectivity index (χ2v) is 3.44. The molecule has 0 bridgehead atoms. The molecular weight excluding hydrogens is 224 g/mol. The number of anilines is 1. The van der Waals surface area contributed by atoms with Crippen molar-refractivity contribution < 1.29 is 9.66 Å². The lowest BCUT2D eigenvalue weighted by Gasteiger charge is -2.05. The van der Waals surface area contributed by atoms with Gasteiger partial charge in [0.1, 0.15) is 11.4 Å². The number of nitrogen functional groups attached to an aromatic ring is 1. The number of nitrogens with two attached hydrogens (primary N) is 1. The molecule has 88 valence electrons. The Bertz CT molecular complexity index is 612. The Morgan fingerprint density at radius 3 is 2.71 bits per heavy atom. The highest BCUT2D eigenvalue weighted by Crippen LogP contribution is 2.31. The SMILES string of the molecule is COc1ccc2c(N)c([N+](=O)[O-])c(C)nc2n1. The summed E-state index contributed by atoms with van der Waals surface area (Å²) in [4.78, 5) is 18.4. The van der Waals surface area contributed by atoms with E-state index in [4.69, 9.17) is 10.5 Å². The number of nitro groups is 1. The second-order valence-electron chi connectivity index (χ2n) is 3.44. The molecule has 0 fully saturated rings. The number of hydrogen-bond donors (Lipinski definition) is 1. The molecule has 0 radical (unpaired) electrons. The molecule has 7 nitrogen and oxygen atoms in total. The van der Waals surface area contributed by atoms with E-state index in [9.17, 15) is 10.1 Å². The molecule has 0 saturated carbocycles. The highest BCUT2D eigenvalue weighted by atomic mass is 16.6. The van der Waals surface area contributed by atoms with Crippen LogP contribution in [0.15, 0.2) is 12.1 Å². The van der Waals surface area contributed by atoms with Gasteiger partial charge in [-0.25, -0.2) is 4.98 Å². The Labute approximate surface area is 96.4 Å². The Balaban J connectivity index is 2.81. The minimum atomic E-state index is -0.540. The standard InChI is InChI=1S/C10H10N4O3/c1-5-9(14(15)16)8(11)6-3-4-7(17-2)13-10(6)12-5/h3-4H,1-2H3,(H2,11,12,13). The molecule has 17 heavy (non-hydrogen) atoms. The van der Waals surface area contributed by atoms with Gasteiger partial charge in [0.05, 0.1) is 12.0 Å². The number of nitrogens with zero attached hydrogens (tertiary/aromatic N) is 3. The largest absolute Gasteiger partial charge is 0.481 e. The molecule has 7 heteroatoms. The molecule has 0 unspecified atom stereocenters. The van der Waals surface area contributed by atoms with Crippen LogP contribution in [-0.2, 0) is 0 Å². The number of pyridine rings is 2. The fraction of sp³-hybridized carbons (Fsp3) is 0.200. The van der Waals surface area contributed by atoms with Crippen LogP contribution in [0.25, 0.3) is 11.0 Å². The smallest absolute Gasteiger partial charge is 0.313 e. The van der Waals surface area contributed by atoms with Gasteiger partial charge in [0.15, 0.2) is 5.65 Å². The average molecular weight is 234 g/mol. The lowest BCUT2D eigenvalue weighted by molar-refractivity contribution is -0.384. The van der Waals surface area contributed by atoms with Gasteiger partial charge < -0.3 is 10.5 Å². The van der Waals surface area contributed by atoms with Crippen molar-refractivity contribution in [3.05, 3.63) is 27.9 Å². The van der Waals surface area contributed by atoms with Crippen LogP contribution >= 0.6 is 0 Å². The lowest BCUT2D eigenvalue weighted by Crippen LogP contribution is -2.03. The first-order chi connectivity index (χ1) is 8.04. The normalized spacial score (nSPS) is 10.5. The lowest BCUT2D eigenvalue weighted by atomic mass is 10.2. The van der Waals surface area contributed by atoms with Crippen LogP contribution in [0.2, 0.25) is 0 Å². The average Bonchev–Trinajstić information content (AvgIpc) is 2.27. The fourth-order valence-electron chi connectivity index (χ4n) is 1.60. The number of rotatable bonds is 2. The van der Waals surface area contributed by atoms with E-state index < -0.39 is 4.92 Å². The van der Waals surface area contributed by atoms with E-state index in [1.165, 1.54) is 14.0 Å². The Morgan fingerprint density at radius 2 is 2.12 bits per heavy atom. The summed E-state index contributed by atoms with van der Waals surface area (Å²) in [6.07, 6.45) is 0. The zero-order valence-corrected chi connectivity index (χ0v) is 9.30. The molecule has 0 aliphatic heterocycles. The molecule has 2 N–H and O–H groups in total. The number of ether oxygens (including phenoxy) is 1. The van der Waals surface area contributed by atoms with Crippen molar-refractivity contribution >= 4 is 22.4 Å². The number of aryl methyl sites for hydroxylation is 1. The molecule has 0 spiro atoms. The van der Waals surface area contributed by atoms with Crippen LogP contribution in [0, 0.1) is 17.0 Å². The van der Waals surface area contributed by atoms with E-state index in [-0.39, 0.29) is 17.1 Å². The van der Waals surface area contributed by atoms with Gasteiger partial charge in [0, 0.05) is 11.5 Å². The Morgan fingerprint density at radius 1 is 1.41 bits per heavy atom. The predicted molar refractivity (Wildman–Crippen MR) is 61.9 cm³/mol. The van der Waals surface area contributed by atoms with Gasteiger partial charge in [-0.3, -0.25) is 10.1 Å². The van der Waals surface area contributed by atoms with Gasteiger partial charge >= 0.3 is 5.69 Å². The van der Waals surface area contributed by atoms with E-state index >= 15 is 0 Å². The minimum Gasteiger partial charge on any atom is -0.481 e. The van der Waals surface area contributed by atoms with Crippen LogP contribution in [0.4, 0.5) is 11.4 Å². The molecule has 2 rings (SSSR count). The van der Waals surface area contributed by atoms with E-state index in [1.54, 1.807) is 12.1 Å². The molecule has 2 heterocycles. The van der Waals surface area contributed by atoms with Gasteiger partial charge in [0.25, 0.3) is 0 Å². The molecule has 0 atom stereocenters. The van der Waals surface area contributed by atoms with Crippen LogP contribution in [-0.4, -0.2) is 22.0 Å². The highest BCUT2D eigenvalue weighted by Gasteiger charge is 2.20. The summed E-state index contributed by atoms with van der Waals surface area (Å²) in [5.74, 6) is 0.387. The zero-order valence-electron chi connectivity index (χ0n) is 9.30. The third kappa shape index (κ3) is 1.71. The Hall–Kier alpha value is -2.44. The van der Waals surface area contributed by atoms with Crippen molar-refractivity contribution in [3.63, 3.8) is 0 Å². The molecular formula is C10H10N4O3. The molecule has 2 aromatic heterocycles. The third-order valence-corrected chi connectivity index (χ3v) is 2.40. The maximum absolute atomic E-state index is 10.8. The summed E-state index contributed by atoms with van der Waals surface area (Å²) in [5.41, 5.74) is 6.22. The quantitative estimate of drug-likeness (QED) is 0.622. The summed E-state index contributed by atoms with van der Waals surface area (Å²) in [5, 5.41) is 11.3. The first-order valence-electron chi connectivity index (χ1n) is 4.79. The van der Waals surface area contributed by atoms with Crippen molar-refractivity contribution in [1.29, 1.82) is 0 Å². The monoisotopic (exact) mass is 234 g/mol. The molecule has 0 saturated heterocycles. The molecule has 0 aromatic carbocycles. The summed E-state index contributed by atoms with van der Waals surface area (Å²) in [6, 6.07) is 3.19. The van der Waals surface area contributed by atoms with Crippen LogP contribution in [0.3, 0.4) is 0 Å². The summed E-state index contributed by atoms with van der Waals surface area (Å²) in [6.45, 7) is 1.52. The van der Waals surface area contributed by atoms with Crippen molar-refractivity contribution in [1.82, 2.24) is 9.97 Å². The third-order valence-electron chi connectivity index (χ3n) is 2.40. The first kappa shape index (κ1) is 11.1. The van der Waals surface area contributed by atoms with Crippen molar-refractivity contribution in [3.8, 4) is 5.88 Å². The minimum absolute atomic E-state index is 0.0765. The zero-order chi connectivity index (χ0) is 12.6. The van der Waals surface area contributed by atoms with E-state index in [0.717, 1.165) is 0 Å². The number of methoxy groups -OCH3 is 1. The van der Waals surface area contributed by atoms with Crippen LogP contribution in [0.5, 0.6) is 5.88 Å². The molecule has 2 aromatic rings. The van der Waals surface area contributed by atoms with Crippen molar-refractivity contribution in [2.75, 3.05) is 12.8 Å². The molecule has 0 aliphatic carbocycles. The summed E-state index contributed by atoms with van der Waals surface area (Å²) in [7, 11) is 1.48. The van der Waals surface area contributed by atoms with Crippen molar-refractivity contribution in [2.45, 2.75) is 6.92 Å². The maximum Gasteiger partial charge on any atom is 0.313 e. The Kier molecular flexibility index (Phi) is 2.51. The first-order valence-corrected chi connectivity index (χ1v) is 4.79. The van der Waals surface area contributed by atoms with Crippen LogP contribution in [0.1, 0.15) is 5.69 Å². The fourth-order valence-corrected chi connectivity index (χ4v) is 1.60. The number of aromatic nitrogens is 2. The van der Waals surface area contributed by atoms with Crippen LogP contribution < -0.4 is 10.5 Å². The summed E-state index contributed by atoms with van der Waals surface area (Å²) >= 11 is 0. The van der Waals surface area contributed by atoms with E-state index in [2.05, 4.69) is 9.97 Å². The molecule has 0 aliphatic rings. The predicted octanol–water partition coefficient (Wildman–Crippen LogP) is 1.44. The maximum atomic E-state index is 10.8. The number of hydrogen-bond acceptors (Lipinski definition) is 6. The van der Waals surface area contributed by atoms with Gasteiger partial charge in [-0.2, -0.15) is 4.98 Å². The summed E-state index contributed by atoms with van der Waals surface area (Å²) < 4.78 is 4.95. The van der Waals surface area contributed by atoms with E-state index in [1.807, 2.05) is 0 Å². The topological polar surface area (TPSA) is 104 Å². The van der Waals surface area contributed by atoms with Gasteiger partial charge in [-0.15, -0.1) is 0 Å². The second kappa shape index (κ2) is 3.85. The van der Waals surface area contributed by atoms with Gasteiger partial charge in [-0.05, 0) is 13.0 Å². The van der Waals surface area contributed by atoms with Gasteiger partial charge in [-0.1, -0.05) is 0 Å². The molecule has 0 amide bonds.